The van der Waals surface area contributed by atoms with E-state index in [1.54, 1.807) is 0 Å². The molecule has 0 amide bonds. The minimum Gasteiger partial charge on any atom is -0.475 e. The first kappa shape index (κ1) is 22.2. The van der Waals surface area contributed by atoms with Gasteiger partial charge in [0.15, 0.2) is 9.84 Å². The van der Waals surface area contributed by atoms with Crippen LogP contribution in [0, 0.1) is 5.82 Å². The molecule has 1 aromatic carbocycles. The summed E-state index contributed by atoms with van der Waals surface area (Å²) in [7, 11) is -3.78. The number of carbonyl (C=O) groups is 1. The molecule has 0 spiro atoms. The Bertz CT molecular complexity index is 755. The molecule has 2 rings (SSSR count). The average Bonchev–Trinajstić information content (AvgIpc) is 2.36. The summed E-state index contributed by atoms with van der Waals surface area (Å²) in [6.07, 6.45) is -9.86. The standard InChI is InChI=1S/C11H11F4NO2S.C2HF3O2/c12-10-3-1-2-9(11(13,14)15)8(10)6-19(17,18)7-4-16-5-7;3-2(4,5)1(6)7/h1-3,7,16H,4-6H2;(H,6,7). The maximum Gasteiger partial charge on any atom is 0.490 e. The minimum atomic E-state index is -5.08. The fourth-order valence-corrected chi connectivity index (χ4v) is 3.48. The smallest absolute Gasteiger partial charge is 0.475 e. The van der Waals surface area contributed by atoms with Crippen molar-refractivity contribution in [3.8, 4) is 0 Å². The molecule has 1 aliphatic heterocycles. The fraction of sp³-hybridized carbons (Fsp3) is 0.462. The van der Waals surface area contributed by atoms with Crippen LogP contribution in [0.3, 0.4) is 0 Å². The number of carboxylic acid groups (broad SMARTS) is 1. The zero-order valence-corrected chi connectivity index (χ0v) is 13.5. The molecule has 0 saturated carbocycles. The van der Waals surface area contributed by atoms with E-state index in [0.29, 0.717) is 6.07 Å². The van der Waals surface area contributed by atoms with Gasteiger partial charge in [-0.3, -0.25) is 0 Å². The molecule has 0 radical (unpaired) electrons. The van der Waals surface area contributed by atoms with Gasteiger partial charge < -0.3 is 10.4 Å². The minimum absolute atomic E-state index is 0.193. The van der Waals surface area contributed by atoms with Gasteiger partial charge in [0.05, 0.1) is 16.6 Å². The zero-order valence-electron chi connectivity index (χ0n) is 12.7. The van der Waals surface area contributed by atoms with Crippen LogP contribution in [0.5, 0.6) is 0 Å². The van der Waals surface area contributed by atoms with E-state index in [1.807, 2.05) is 0 Å². The lowest BCUT2D eigenvalue weighted by Crippen LogP contribution is -2.51. The van der Waals surface area contributed by atoms with Crippen LogP contribution in [0.15, 0.2) is 18.2 Å². The Morgan fingerprint density at radius 3 is 2.00 bits per heavy atom. The summed E-state index contributed by atoms with van der Waals surface area (Å²) in [6, 6.07) is 2.44. The number of hydrogen-bond acceptors (Lipinski definition) is 4. The molecule has 26 heavy (non-hydrogen) atoms. The molecule has 0 unspecified atom stereocenters. The first-order chi connectivity index (χ1) is 11.7. The Labute approximate surface area is 142 Å². The van der Waals surface area contributed by atoms with Gasteiger partial charge in [0.2, 0.25) is 0 Å². The Balaban J connectivity index is 0.000000412. The van der Waals surface area contributed by atoms with Gasteiger partial charge in [-0.05, 0) is 12.1 Å². The van der Waals surface area contributed by atoms with Crippen LogP contribution in [0.1, 0.15) is 11.1 Å². The quantitative estimate of drug-likeness (QED) is 0.747. The van der Waals surface area contributed by atoms with Crippen molar-refractivity contribution in [2.45, 2.75) is 23.4 Å². The van der Waals surface area contributed by atoms with E-state index in [4.69, 9.17) is 9.90 Å². The SMILES string of the molecule is O=C(O)C(F)(F)F.O=S(=O)(Cc1c(F)cccc1C(F)(F)F)C1CNC1. The van der Waals surface area contributed by atoms with Crippen molar-refractivity contribution >= 4 is 15.8 Å². The number of carboxylic acids is 1. The number of nitrogens with one attached hydrogen (secondary N) is 1. The second-order valence-electron chi connectivity index (χ2n) is 5.15. The first-order valence-electron chi connectivity index (χ1n) is 6.73. The summed E-state index contributed by atoms with van der Waals surface area (Å²) in [5.74, 6) is -4.83. The molecule has 1 aliphatic rings. The number of rotatable bonds is 3. The van der Waals surface area contributed by atoms with Crippen molar-refractivity contribution < 1.29 is 49.1 Å². The van der Waals surface area contributed by atoms with E-state index >= 15 is 0 Å². The van der Waals surface area contributed by atoms with Crippen LogP contribution in [0.2, 0.25) is 0 Å². The summed E-state index contributed by atoms with van der Waals surface area (Å²) >= 11 is 0. The summed E-state index contributed by atoms with van der Waals surface area (Å²) in [6.45, 7) is 0.385. The van der Waals surface area contributed by atoms with Crippen LogP contribution < -0.4 is 5.32 Å². The summed E-state index contributed by atoms with van der Waals surface area (Å²) < 4.78 is 107. The lowest BCUT2D eigenvalue weighted by molar-refractivity contribution is -0.192. The molecular formula is C13H12F7NO4S. The molecule has 0 aliphatic carbocycles. The Morgan fingerprint density at radius 2 is 1.65 bits per heavy atom. The van der Waals surface area contributed by atoms with Gasteiger partial charge in [0, 0.05) is 18.7 Å². The molecule has 1 heterocycles. The van der Waals surface area contributed by atoms with E-state index in [-0.39, 0.29) is 13.1 Å². The predicted octanol–water partition coefficient (Wildman–Crippen LogP) is 2.36. The highest BCUT2D eigenvalue weighted by Gasteiger charge is 2.39. The van der Waals surface area contributed by atoms with E-state index < -0.39 is 56.1 Å². The first-order valence-corrected chi connectivity index (χ1v) is 8.44. The van der Waals surface area contributed by atoms with Crippen LogP contribution in [0.25, 0.3) is 0 Å². The van der Waals surface area contributed by atoms with E-state index in [2.05, 4.69) is 5.32 Å². The fourth-order valence-electron chi connectivity index (χ4n) is 1.81. The molecule has 13 heteroatoms. The van der Waals surface area contributed by atoms with Gasteiger partial charge in [0.25, 0.3) is 0 Å². The van der Waals surface area contributed by atoms with E-state index in [1.165, 1.54) is 0 Å². The molecular weight excluding hydrogens is 399 g/mol. The molecule has 0 atom stereocenters. The highest BCUT2D eigenvalue weighted by atomic mass is 32.2. The van der Waals surface area contributed by atoms with Gasteiger partial charge in [-0.2, -0.15) is 26.3 Å². The predicted molar refractivity (Wildman–Crippen MR) is 74.4 cm³/mol. The molecule has 0 aromatic heterocycles. The Kier molecular flexibility index (Phi) is 6.63. The number of benzene rings is 1. The summed E-state index contributed by atoms with van der Waals surface area (Å²) in [5.41, 5.74) is -2.04. The molecule has 1 aromatic rings. The van der Waals surface area contributed by atoms with Crippen molar-refractivity contribution in [2.75, 3.05) is 13.1 Å². The number of hydrogen-bond donors (Lipinski definition) is 2. The number of alkyl halides is 6. The number of sulfone groups is 1. The maximum atomic E-state index is 13.5. The normalized spacial score (nSPS) is 15.7. The van der Waals surface area contributed by atoms with Crippen LogP contribution in [0.4, 0.5) is 30.7 Å². The van der Waals surface area contributed by atoms with E-state index in [9.17, 15) is 39.2 Å². The van der Waals surface area contributed by atoms with Crippen LogP contribution in [-0.4, -0.2) is 44.0 Å². The second-order valence-corrected chi connectivity index (χ2v) is 7.44. The van der Waals surface area contributed by atoms with Crippen molar-refractivity contribution in [3.63, 3.8) is 0 Å². The van der Waals surface area contributed by atoms with Crippen LogP contribution in [-0.2, 0) is 26.6 Å². The molecule has 5 nitrogen and oxygen atoms in total. The third kappa shape index (κ3) is 5.83. The van der Waals surface area contributed by atoms with Gasteiger partial charge >= 0.3 is 18.3 Å². The molecule has 1 fully saturated rings. The highest BCUT2D eigenvalue weighted by molar-refractivity contribution is 7.91. The average molecular weight is 411 g/mol. The number of aliphatic carboxylic acids is 1. The third-order valence-electron chi connectivity index (χ3n) is 3.26. The van der Waals surface area contributed by atoms with Crippen molar-refractivity contribution in [1.82, 2.24) is 5.32 Å². The summed E-state index contributed by atoms with van der Waals surface area (Å²) in [4.78, 5) is 8.90. The molecule has 2 N–H and O–H groups in total. The summed E-state index contributed by atoms with van der Waals surface area (Å²) in [5, 5.41) is 9.10. The van der Waals surface area contributed by atoms with Crippen molar-refractivity contribution in [2.24, 2.45) is 0 Å². The van der Waals surface area contributed by atoms with Gasteiger partial charge in [-0.15, -0.1) is 0 Å². The zero-order chi connectivity index (χ0) is 20.3. The highest BCUT2D eigenvalue weighted by Crippen LogP contribution is 2.34. The monoisotopic (exact) mass is 411 g/mol. The molecule has 148 valence electrons. The van der Waals surface area contributed by atoms with Gasteiger partial charge in [0.1, 0.15) is 5.82 Å². The molecule has 1 saturated heterocycles. The number of halogens is 7. The Morgan fingerprint density at radius 1 is 1.15 bits per heavy atom. The van der Waals surface area contributed by atoms with Gasteiger partial charge in [-0.25, -0.2) is 17.6 Å². The van der Waals surface area contributed by atoms with Crippen molar-refractivity contribution in [3.05, 3.63) is 35.1 Å². The second kappa shape index (κ2) is 7.78. The third-order valence-corrected chi connectivity index (χ3v) is 5.30. The van der Waals surface area contributed by atoms with Gasteiger partial charge in [-0.1, -0.05) is 6.07 Å². The van der Waals surface area contributed by atoms with E-state index in [0.717, 1.165) is 12.1 Å². The Hall–Kier alpha value is -1.89. The molecule has 0 bridgehead atoms. The topological polar surface area (TPSA) is 83.5 Å². The van der Waals surface area contributed by atoms with Crippen molar-refractivity contribution in [1.29, 1.82) is 0 Å². The largest absolute Gasteiger partial charge is 0.490 e. The maximum absolute atomic E-state index is 13.5. The lowest BCUT2D eigenvalue weighted by Gasteiger charge is -2.27. The van der Waals surface area contributed by atoms with Crippen LogP contribution >= 0.6 is 0 Å². The lowest BCUT2D eigenvalue weighted by atomic mass is 10.1.